The fourth-order valence-electron chi connectivity index (χ4n) is 2.55. The van der Waals surface area contributed by atoms with Crippen molar-refractivity contribution in [2.75, 3.05) is 44.1 Å². The van der Waals surface area contributed by atoms with E-state index in [0.29, 0.717) is 11.5 Å². The molecule has 1 heterocycles. The second-order valence-electron chi connectivity index (χ2n) is 5.18. The molecule has 1 unspecified atom stereocenters. The summed E-state index contributed by atoms with van der Waals surface area (Å²) in [5.41, 5.74) is 0.429. The summed E-state index contributed by atoms with van der Waals surface area (Å²) in [6, 6.07) is 0.712. The predicted octanol–water partition coefficient (Wildman–Crippen LogP) is 3.25. The largest absolute Gasteiger partial charge is 0.381 e. The lowest BCUT2D eigenvalue weighted by Crippen LogP contribution is -2.45. The zero-order chi connectivity index (χ0) is 12.7. The van der Waals surface area contributed by atoms with Crippen LogP contribution in [0.1, 0.15) is 26.2 Å². The SMILES string of the molecule is CCC(CSC)N(C)CC1(CBr)CCOCC1. The van der Waals surface area contributed by atoms with Gasteiger partial charge in [-0.2, -0.15) is 11.8 Å². The lowest BCUT2D eigenvalue weighted by atomic mass is 9.81. The van der Waals surface area contributed by atoms with Crippen molar-refractivity contribution in [1.29, 1.82) is 0 Å². The summed E-state index contributed by atoms with van der Waals surface area (Å²) in [6.45, 7) is 5.35. The molecule has 1 aliphatic rings. The summed E-state index contributed by atoms with van der Waals surface area (Å²) in [5.74, 6) is 1.24. The molecule has 0 aromatic rings. The van der Waals surface area contributed by atoms with Gasteiger partial charge in [0.15, 0.2) is 0 Å². The van der Waals surface area contributed by atoms with Crippen LogP contribution in [0, 0.1) is 5.41 Å². The van der Waals surface area contributed by atoms with E-state index in [0.717, 1.165) is 18.5 Å². The molecule has 1 aliphatic heterocycles. The third-order valence-corrected chi connectivity index (χ3v) is 5.78. The molecule has 0 spiro atoms. The van der Waals surface area contributed by atoms with E-state index < -0.39 is 0 Å². The number of alkyl halides is 1. The minimum atomic E-state index is 0.429. The molecule has 0 amide bonds. The first-order valence-corrected chi connectivity index (χ1v) is 9.02. The number of halogens is 1. The molecule has 4 heteroatoms. The van der Waals surface area contributed by atoms with Gasteiger partial charge in [-0.25, -0.2) is 0 Å². The van der Waals surface area contributed by atoms with Crippen LogP contribution in [0.3, 0.4) is 0 Å². The molecule has 0 N–H and O–H groups in total. The number of ether oxygens (including phenoxy) is 1. The molecular weight excluding hydrogens is 298 g/mol. The molecule has 1 rings (SSSR count). The van der Waals surface area contributed by atoms with Gasteiger partial charge in [-0.1, -0.05) is 22.9 Å². The van der Waals surface area contributed by atoms with Crippen LogP contribution < -0.4 is 0 Å². The van der Waals surface area contributed by atoms with Crippen LogP contribution in [-0.4, -0.2) is 55.1 Å². The summed E-state index contributed by atoms with van der Waals surface area (Å²) in [7, 11) is 2.28. The van der Waals surface area contributed by atoms with Crippen LogP contribution >= 0.6 is 27.7 Å². The normalized spacial score (nSPS) is 21.7. The maximum atomic E-state index is 5.50. The van der Waals surface area contributed by atoms with Gasteiger partial charge in [-0.3, -0.25) is 0 Å². The van der Waals surface area contributed by atoms with E-state index in [4.69, 9.17) is 4.74 Å². The lowest BCUT2D eigenvalue weighted by molar-refractivity contribution is 0.00700. The van der Waals surface area contributed by atoms with E-state index in [1.54, 1.807) is 0 Å². The van der Waals surface area contributed by atoms with E-state index in [1.807, 2.05) is 11.8 Å². The Morgan fingerprint density at radius 3 is 2.53 bits per heavy atom. The minimum Gasteiger partial charge on any atom is -0.381 e. The van der Waals surface area contributed by atoms with Gasteiger partial charge < -0.3 is 9.64 Å². The van der Waals surface area contributed by atoms with Gasteiger partial charge in [0.05, 0.1) is 0 Å². The van der Waals surface area contributed by atoms with Crippen LogP contribution in [-0.2, 0) is 4.74 Å². The molecule has 1 atom stereocenters. The van der Waals surface area contributed by atoms with Crippen molar-refractivity contribution < 1.29 is 4.74 Å². The van der Waals surface area contributed by atoms with Gasteiger partial charge >= 0.3 is 0 Å². The summed E-state index contributed by atoms with van der Waals surface area (Å²) in [6.07, 6.45) is 5.83. The van der Waals surface area contributed by atoms with Gasteiger partial charge in [0.25, 0.3) is 0 Å². The number of hydrogen-bond donors (Lipinski definition) is 0. The molecule has 2 nitrogen and oxygen atoms in total. The van der Waals surface area contributed by atoms with E-state index in [-0.39, 0.29) is 0 Å². The maximum absolute atomic E-state index is 5.50. The highest BCUT2D eigenvalue weighted by Crippen LogP contribution is 2.34. The van der Waals surface area contributed by atoms with Crippen LogP contribution in [0.4, 0.5) is 0 Å². The Morgan fingerprint density at radius 1 is 1.41 bits per heavy atom. The Kier molecular flexibility index (Phi) is 7.46. The number of thioether (sulfide) groups is 1. The van der Waals surface area contributed by atoms with Crippen molar-refractivity contribution in [2.24, 2.45) is 5.41 Å². The third kappa shape index (κ3) is 4.73. The van der Waals surface area contributed by atoms with Crippen LogP contribution in [0.5, 0.6) is 0 Å². The Morgan fingerprint density at radius 2 is 2.06 bits per heavy atom. The Balaban J connectivity index is 2.53. The average molecular weight is 324 g/mol. The molecule has 0 aromatic carbocycles. The van der Waals surface area contributed by atoms with Gasteiger partial charge in [-0.15, -0.1) is 0 Å². The first-order valence-electron chi connectivity index (χ1n) is 6.50. The highest BCUT2D eigenvalue weighted by Gasteiger charge is 2.33. The van der Waals surface area contributed by atoms with Gasteiger partial charge in [0, 0.05) is 36.9 Å². The Bertz CT molecular complexity index is 210. The summed E-state index contributed by atoms with van der Waals surface area (Å²) >= 11 is 5.67. The molecular formula is C13H26BrNOS. The molecule has 17 heavy (non-hydrogen) atoms. The van der Waals surface area contributed by atoms with Gasteiger partial charge in [0.1, 0.15) is 0 Å². The summed E-state index contributed by atoms with van der Waals surface area (Å²) in [5, 5.41) is 1.10. The first-order chi connectivity index (χ1) is 8.17. The molecule has 1 saturated heterocycles. The smallest absolute Gasteiger partial charge is 0.0472 e. The van der Waals surface area contributed by atoms with E-state index in [2.05, 4.69) is 41.1 Å². The molecule has 1 fully saturated rings. The zero-order valence-corrected chi connectivity index (χ0v) is 13.8. The predicted molar refractivity (Wildman–Crippen MR) is 81.4 cm³/mol. The zero-order valence-electron chi connectivity index (χ0n) is 11.4. The fourth-order valence-corrected chi connectivity index (χ4v) is 4.16. The van der Waals surface area contributed by atoms with Gasteiger partial charge in [-0.05, 0) is 38.0 Å². The molecule has 0 aromatic heterocycles. The topological polar surface area (TPSA) is 12.5 Å². The van der Waals surface area contributed by atoms with Crippen molar-refractivity contribution >= 4 is 27.7 Å². The van der Waals surface area contributed by atoms with E-state index in [1.165, 1.54) is 31.6 Å². The molecule has 0 bridgehead atoms. The monoisotopic (exact) mass is 323 g/mol. The molecule has 0 aliphatic carbocycles. The van der Waals surface area contributed by atoms with Crippen molar-refractivity contribution in [3.05, 3.63) is 0 Å². The first kappa shape index (κ1) is 15.8. The number of hydrogen-bond acceptors (Lipinski definition) is 3. The van der Waals surface area contributed by atoms with Crippen molar-refractivity contribution in [3.8, 4) is 0 Å². The van der Waals surface area contributed by atoms with Crippen molar-refractivity contribution in [2.45, 2.75) is 32.2 Å². The lowest BCUT2D eigenvalue weighted by Gasteiger charge is -2.41. The Hall–Kier alpha value is 0.750. The summed E-state index contributed by atoms with van der Waals surface area (Å²) < 4.78 is 5.50. The van der Waals surface area contributed by atoms with Crippen molar-refractivity contribution in [1.82, 2.24) is 4.90 Å². The number of nitrogens with zero attached hydrogens (tertiary/aromatic N) is 1. The standard InChI is InChI=1S/C13H26BrNOS/c1-4-12(9-17-3)15(2)11-13(10-14)5-7-16-8-6-13/h12H,4-11H2,1-3H3. The second kappa shape index (κ2) is 8.03. The van der Waals surface area contributed by atoms with Crippen LogP contribution in [0.2, 0.25) is 0 Å². The molecule has 0 saturated carbocycles. The van der Waals surface area contributed by atoms with Gasteiger partial charge in [0.2, 0.25) is 0 Å². The third-order valence-electron chi connectivity index (χ3n) is 3.88. The van der Waals surface area contributed by atoms with E-state index >= 15 is 0 Å². The average Bonchev–Trinajstić information content (AvgIpc) is 2.36. The minimum absolute atomic E-state index is 0.429. The Labute approximate surface area is 119 Å². The van der Waals surface area contributed by atoms with Crippen molar-refractivity contribution in [3.63, 3.8) is 0 Å². The van der Waals surface area contributed by atoms with Crippen LogP contribution in [0.15, 0.2) is 0 Å². The van der Waals surface area contributed by atoms with Crippen LogP contribution in [0.25, 0.3) is 0 Å². The maximum Gasteiger partial charge on any atom is 0.0472 e. The molecule has 0 radical (unpaired) electrons. The fraction of sp³-hybridized carbons (Fsp3) is 1.00. The number of rotatable bonds is 7. The highest BCUT2D eigenvalue weighted by molar-refractivity contribution is 9.09. The highest BCUT2D eigenvalue weighted by atomic mass is 79.9. The quantitative estimate of drug-likeness (QED) is 0.667. The molecule has 102 valence electrons. The second-order valence-corrected chi connectivity index (χ2v) is 6.65. The van der Waals surface area contributed by atoms with E-state index in [9.17, 15) is 0 Å². The summed E-state index contributed by atoms with van der Waals surface area (Å²) in [4.78, 5) is 2.56.